The van der Waals surface area contributed by atoms with E-state index in [0.717, 1.165) is 71.7 Å². The molecule has 234 valence electrons. The molecule has 3 heterocycles. The lowest BCUT2D eigenvalue weighted by molar-refractivity contribution is 0.669. The van der Waals surface area contributed by atoms with Crippen LogP contribution in [-0.2, 0) is 0 Å². The van der Waals surface area contributed by atoms with Gasteiger partial charge in [0.25, 0.3) is 0 Å². The highest BCUT2D eigenvalue weighted by molar-refractivity contribution is 7.26. The number of furan rings is 2. The van der Waals surface area contributed by atoms with Gasteiger partial charge in [0.05, 0.1) is 10.4 Å². The molecule has 0 saturated carbocycles. The Hall–Kier alpha value is -6.36. The molecule has 3 aromatic heterocycles. The van der Waals surface area contributed by atoms with Crippen LogP contribution >= 0.6 is 11.3 Å². The van der Waals surface area contributed by atoms with E-state index in [-0.39, 0.29) is 0 Å². The third kappa shape index (κ3) is 4.03. The Kier molecular flexibility index (Phi) is 5.83. The second-order valence-electron chi connectivity index (χ2n) is 12.9. The maximum Gasteiger partial charge on any atom is 0.144 e. The second kappa shape index (κ2) is 10.6. The molecule has 3 nitrogen and oxygen atoms in total. The summed E-state index contributed by atoms with van der Waals surface area (Å²) in [5.41, 5.74) is 9.26. The fourth-order valence-electron chi connectivity index (χ4n) is 7.72. The van der Waals surface area contributed by atoms with Crippen LogP contribution in [0.3, 0.4) is 0 Å². The van der Waals surface area contributed by atoms with Crippen LogP contribution in [0, 0.1) is 0 Å². The lowest BCUT2D eigenvalue weighted by atomic mass is 10.0. The predicted octanol–water partition coefficient (Wildman–Crippen LogP) is 14.1. The topological polar surface area (TPSA) is 29.5 Å². The summed E-state index contributed by atoms with van der Waals surface area (Å²) in [6.07, 6.45) is 0. The van der Waals surface area contributed by atoms with Crippen LogP contribution in [0.5, 0.6) is 0 Å². The number of hydrogen-bond acceptors (Lipinski definition) is 4. The number of thiophene rings is 1. The minimum atomic E-state index is 0.870. The van der Waals surface area contributed by atoms with E-state index in [1.807, 2.05) is 23.5 Å². The molecule has 0 aliphatic carbocycles. The summed E-state index contributed by atoms with van der Waals surface area (Å²) in [4.78, 5) is 2.36. The summed E-state index contributed by atoms with van der Waals surface area (Å²) in [6.45, 7) is 0. The highest BCUT2D eigenvalue weighted by Gasteiger charge is 2.22. The molecule has 0 aliphatic rings. The van der Waals surface area contributed by atoms with Gasteiger partial charge in [-0.2, -0.15) is 0 Å². The normalized spacial score (nSPS) is 12.0. The van der Waals surface area contributed by atoms with E-state index in [1.165, 1.54) is 31.3 Å². The van der Waals surface area contributed by atoms with Crippen molar-refractivity contribution in [3.05, 3.63) is 164 Å². The minimum absolute atomic E-state index is 0.870. The van der Waals surface area contributed by atoms with Gasteiger partial charge < -0.3 is 13.7 Å². The van der Waals surface area contributed by atoms with Crippen LogP contribution in [0.4, 0.5) is 17.1 Å². The van der Waals surface area contributed by atoms with Gasteiger partial charge in [0.1, 0.15) is 22.3 Å². The van der Waals surface area contributed by atoms with Crippen molar-refractivity contribution in [2.45, 2.75) is 0 Å². The number of anilines is 3. The zero-order valence-electron chi connectivity index (χ0n) is 26.8. The molecule has 11 rings (SSSR count). The first-order valence-corrected chi connectivity index (χ1v) is 17.7. The summed E-state index contributed by atoms with van der Waals surface area (Å²) in [6, 6.07) is 58.2. The fourth-order valence-corrected chi connectivity index (χ4v) is 8.92. The zero-order chi connectivity index (χ0) is 32.8. The molecule has 0 spiro atoms. The van der Waals surface area contributed by atoms with E-state index >= 15 is 0 Å². The van der Waals surface area contributed by atoms with Gasteiger partial charge in [-0.1, -0.05) is 103 Å². The van der Waals surface area contributed by atoms with Crippen LogP contribution in [0.25, 0.3) is 85.9 Å². The smallest absolute Gasteiger partial charge is 0.144 e. The molecule has 0 bridgehead atoms. The molecular formula is C46H27NO2S. The summed E-state index contributed by atoms with van der Waals surface area (Å²) in [7, 11) is 0. The van der Waals surface area contributed by atoms with Gasteiger partial charge in [0, 0.05) is 59.8 Å². The third-order valence-electron chi connectivity index (χ3n) is 10.1. The van der Waals surface area contributed by atoms with Crippen molar-refractivity contribution in [1.82, 2.24) is 0 Å². The summed E-state index contributed by atoms with van der Waals surface area (Å²) < 4.78 is 15.6. The van der Waals surface area contributed by atoms with Crippen LogP contribution < -0.4 is 4.90 Å². The number of rotatable bonds is 4. The first-order chi connectivity index (χ1) is 24.8. The van der Waals surface area contributed by atoms with Crippen LogP contribution in [0.15, 0.2) is 173 Å². The Morgan fingerprint density at radius 2 is 1.10 bits per heavy atom. The molecular weight excluding hydrogens is 631 g/mol. The van der Waals surface area contributed by atoms with Crippen molar-refractivity contribution < 1.29 is 8.83 Å². The lowest BCUT2D eigenvalue weighted by Gasteiger charge is -2.26. The molecule has 0 fully saturated rings. The van der Waals surface area contributed by atoms with E-state index in [1.54, 1.807) is 0 Å². The molecule has 0 atom stereocenters. The molecule has 50 heavy (non-hydrogen) atoms. The zero-order valence-corrected chi connectivity index (χ0v) is 27.6. The first kappa shape index (κ1) is 27.6. The molecule has 8 aromatic carbocycles. The van der Waals surface area contributed by atoms with Crippen molar-refractivity contribution in [3.8, 4) is 11.1 Å². The van der Waals surface area contributed by atoms with Gasteiger partial charge in [-0.3, -0.25) is 0 Å². The van der Waals surface area contributed by atoms with Crippen molar-refractivity contribution in [1.29, 1.82) is 0 Å². The largest absolute Gasteiger partial charge is 0.456 e. The Balaban J connectivity index is 1.16. The second-order valence-corrected chi connectivity index (χ2v) is 13.9. The number of benzene rings is 8. The lowest BCUT2D eigenvalue weighted by Crippen LogP contribution is -2.10. The Morgan fingerprint density at radius 3 is 2.00 bits per heavy atom. The van der Waals surface area contributed by atoms with Gasteiger partial charge in [0.2, 0.25) is 0 Å². The number of nitrogens with zero attached hydrogens (tertiary/aromatic N) is 1. The van der Waals surface area contributed by atoms with Crippen molar-refractivity contribution in [2.75, 3.05) is 4.90 Å². The van der Waals surface area contributed by atoms with Gasteiger partial charge in [-0.05, 0) is 71.1 Å². The van der Waals surface area contributed by atoms with Crippen molar-refractivity contribution in [3.63, 3.8) is 0 Å². The highest BCUT2D eigenvalue weighted by atomic mass is 32.1. The van der Waals surface area contributed by atoms with Crippen molar-refractivity contribution in [2.24, 2.45) is 0 Å². The van der Waals surface area contributed by atoms with Crippen LogP contribution in [0.1, 0.15) is 0 Å². The van der Waals surface area contributed by atoms with Gasteiger partial charge in [0.15, 0.2) is 0 Å². The average Bonchev–Trinajstić information content (AvgIpc) is 3.87. The third-order valence-corrected chi connectivity index (χ3v) is 11.3. The maximum absolute atomic E-state index is 6.83. The molecule has 0 aliphatic heterocycles. The van der Waals surface area contributed by atoms with Gasteiger partial charge >= 0.3 is 0 Å². The van der Waals surface area contributed by atoms with E-state index in [0.29, 0.717) is 0 Å². The molecule has 4 heteroatoms. The van der Waals surface area contributed by atoms with Crippen molar-refractivity contribution >= 4 is 103 Å². The number of hydrogen-bond donors (Lipinski definition) is 0. The molecule has 0 N–H and O–H groups in total. The number of para-hydroxylation sites is 1. The first-order valence-electron chi connectivity index (χ1n) is 16.8. The Labute approximate surface area is 290 Å². The Bertz CT molecular complexity index is 3090. The average molecular weight is 658 g/mol. The molecule has 0 unspecified atom stereocenters. The highest BCUT2D eigenvalue weighted by Crippen LogP contribution is 2.49. The summed E-state index contributed by atoms with van der Waals surface area (Å²) in [5, 5.41) is 9.21. The fraction of sp³-hybridized carbons (Fsp3) is 0. The molecule has 0 saturated heterocycles. The molecule has 11 aromatic rings. The standard InChI is InChI=1S/C46H27NO2S/c1-2-9-28(10-3-1)29-17-20-31(21-18-29)47(32-22-24-35-34-13-6-7-16-40(34)48-41(35)27-32)39-15-8-14-38-43-42(50-46(38)39)26-25-37-36-23-19-30-11-4-5-12-33(30)44(36)49-45(37)43/h1-27H. The van der Waals surface area contributed by atoms with E-state index in [2.05, 4.69) is 157 Å². The quantitative estimate of drug-likeness (QED) is 0.189. The van der Waals surface area contributed by atoms with Gasteiger partial charge in [-0.25, -0.2) is 0 Å². The van der Waals surface area contributed by atoms with Gasteiger partial charge in [-0.15, -0.1) is 11.3 Å². The molecule has 0 radical (unpaired) electrons. The summed E-state index contributed by atoms with van der Waals surface area (Å²) >= 11 is 1.82. The van der Waals surface area contributed by atoms with Crippen LogP contribution in [0.2, 0.25) is 0 Å². The number of fused-ring (bicyclic) bond motifs is 12. The monoisotopic (exact) mass is 657 g/mol. The minimum Gasteiger partial charge on any atom is -0.456 e. The van der Waals surface area contributed by atoms with E-state index in [4.69, 9.17) is 8.83 Å². The Morgan fingerprint density at radius 1 is 0.420 bits per heavy atom. The SMILES string of the molecule is c1ccc(-c2ccc(N(c3ccc4c(c3)oc3ccccc34)c3cccc4c3sc3ccc5c6ccc7ccccc7c6oc5c34)cc2)cc1. The molecule has 0 amide bonds. The summed E-state index contributed by atoms with van der Waals surface area (Å²) in [5.74, 6) is 0. The van der Waals surface area contributed by atoms with E-state index < -0.39 is 0 Å². The van der Waals surface area contributed by atoms with E-state index in [9.17, 15) is 0 Å². The predicted molar refractivity (Wildman–Crippen MR) is 212 cm³/mol. The van der Waals surface area contributed by atoms with Crippen LogP contribution in [-0.4, -0.2) is 0 Å². The maximum atomic E-state index is 6.83.